The molecule has 2 aliphatic rings. The zero-order chi connectivity index (χ0) is 43.8. The second-order valence-electron chi connectivity index (χ2n) is 18.3. The molecular formula is C65H40N2. The minimum atomic E-state index is -0.525. The molecule has 0 saturated carbocycles. The second-order valence-corrected chi connectivity index (χ2v) is 18.3. The van der Waals surface area contributed by atoms with Gasteiger partial charge in [0, 0.05) is 38.9 Å². The summed E-state index contributed by atoms with van der Waals surface area (Å²) in [6.45, 7) is 0. The highest BCUT2D eigenvalue weighted by atomic mass is 15.1. The van der Waals surface area contributed by atoms with Gasteiger partial charge in [0.15, 0.2) is 0 Å². The van der Waals surface area contributed by atoms with Gasteiger partial charge in [-0.05, 0) is 149 Å². The van der Waals surface area contributed by atoms with Crippen molar-refractivity contribution in [3.8, 4) is 39.1 Å². The van der Waals surface area contributed by atoms with E-state index in [1.807, 2.05) is 0 Å². The first-order valence-electron chi connectivity index (χ1n) is 23.3. The SMILES string of the molecule is c1ccc(N(c2ccccc2)c2ccc3c(c2)C2(c4ccccc4-c4ccccc42)c2cc(-c4ccc5ccc6c7c(ccc4c57)cc4c5ccccc5n(-c5ccccc5)c46)ccc2-3)cc1. The van der Waals surface area contributed by atoms with Crippen LogP contribution >= 0.6 is 0 Å². The lowest BCUT2D eigenvalue weighted by molar-refractivity contribution is 0.794. The van der Waals surface area contributed by atoms with E-state index in [9.17, 15) is 0 Å². The topological polar surface area (TPSA) is 8.17 Å². The van der Waals surface area contributed by atoms with Crippen LogP contribution in [-0.2, 0) is 5.41 Å². The molecule has 67 heavy (non-hydrogen) atoms. The Kier molecular flexibility index (Phi) is 7.46. The molecule has 0 unspecified atom stereocenters. The molecule has 15 rings (SSSR count). The third kappa shape index (κ3) is 4.89. The van der Waals surface area contributed by atoms with Crippen LogP contribution in [0.15, 0.2) is 243 Å². The Labute approximate surface area is 388 Å². The molecule has 2 nitrogen and oxygen atoms in total. The molecule has 2 heteroatoms. The maximum Gasteiger partial charge on any atom is 0.0726 e. The maximum absolute atomic E-state index is 2.54. The Morgan fingerprint density at radius 3 is 1.58 bits per heavy atom. The third-order valence-electron chi connectivity index (χ3n) is 15.1. The lowest BCUT2D eigenvalue weighted by Crippen LogP contribution is -2.26. The van der Waals surface area contributed by atoms with Crippen molar-refractivity contribution in [3.63, 3.8) is 0 Å². The first-order chi connectivity index (χ1) is 33.3. The molecule has 310 valence electrons. The molecule has 0 N–H and O–H groups in total. The number of nitrogens with zero attached hydrogens (tertiary/aromatic N) is 2. The van der Waals surface area contributed by atoms with Crippen LogP contribution in [0.25, 0.3) is 93.2 Å². The summed E-state index contributed by atoms with van der Waals surface area (Å²) in [5.74, 6) is 0. The van der Waals surface area contributed by atoms with E-state index in [4.69, 9.17) is 0 Å². The number of hydrogen-bond donors (Lipinski definition) is 0. The number of anilines is 3. The highest BCUT2D eigenvalue weighted by Crippen LogP contribution is 2.64. The molecule has 0 aliphatic heterocycles. The smallest absolute Gasteiger partial charge is 0.0726 e. The second kappa shape index (κ2) is 13.7. The zero-order valence-corrected chi connectivity index (χ0v) is 36.5. The number of aromatic nitrogens is 1. The van der Waals surface area contributed by atoms with Gasteiger partial charge < -0.3 is 9.47 Å². The maximum atomic E-state index is 2.54. The Bertz CT molecular complexity index is 4060. The first kappa shape index (κ1) is 36.6. The van der Waals surface area contributed by atoms with Crippen molar-refractivity contribution in [3.05, 3.63) is 265 Å². The fourth-order valence-corrected chi connectivity index (χ4v) is 12.5. The van der Waals surface area contributed by atoms with Crippen LogP contribution in [0.2, 0.25) is 0 Å². The normalized spacial score (nSPS) is 13.2. The highest BCUT2D eigenvalue weighted by Gasteiger charge is 2.52. The summed E-state index contributed by atoms with van der Waals surface area (Å²) in [4.78, 5) is 2.40. The minimum absolute atomic E-state index is 0.525. The average Bonchev–Trinajstić information content (AvgIpc) is 4.00. The van der Waals surface area contributed by atoms with Crippen LogP contribution in [-0.4, -0.2) is 4.57 Å². The van der Waals surface area contributed by atoms with Crippen molar-refractivity contribution in [2.24, 2.45) is 0 Å². The summed E-state index contributed by atoms with van der Waals surface area (Å²) in [6, 6.07) is 90.6. The van der Waals surface area contributed by atoms with E-state index in [0.29, 0.717) is 0 Å². The molecular weight excluding hydrogens is 809 g/mol. The van der Waals surface area contributed by atoms with E-state index in [0.717, 1.165) is 17.1 Å². The molecule has 0 atom stereocenters. The zero-order valence-electron chi connectivity index (χ0n) is 36.5. The number of hydrogen-bond acceptors (Lipinski definition) is 1. The number of benzene rings is 12. The molecule has 0 bridgehead atoms. The van der Waals surface area contributed by atoms with Crippen LogP contribution in [0.1, 0.15) is 22.3 Å². The van der Waals surface area contributed by atoms with E-state index in [1.165, 1.54) is 115 Å². The van der Waals surface area contributed by atoms with Gasteiger partial charge in [-0.25, -0.2) is 0 Å². The molecule has 13 aromatic rings. The standard InChI is InChI=1S/C65H40N2/c1-4-16-44(17-5-1)66(45-18-6-2-7-19-45)47-32-37-52-51-34-30-42(39-59(51)65(60(52)40-47)57-25-13-10-22-49(57)50-23-11-14-26-58(50)65)48-33-28-41-29-36-55-63-43(31-35-54(48)62(41)63)38-56-53-24-12-15-27-61(53)67(64(55)56)46-20-8-3-9-21-46/h1-40H. The predicted octanol–water partition coefficient (Wildman–Crippen LogP) is 17.2. The van der Waals surface area contributed by atoms with Crippen molar-refractivity contribution in [1.29, 1.82) is 0 Å². The van der Waals surface area contributed by atoms with Crippen molar-refractivity contribution < 1.29 is 0 Å². The van der Waals surface area contributed by atoms with Gasteiger partial charge in [0.2, 0.25) is 0 Å². The molecule has 2 aliphatic carbocycles. The Morgan fingerprint density at radius 1 is 0.313 bits per heavy atom. The van der Waals surface area contributed by atoms with Gasteiger partial charge in [-0.15, -0.1) is 0 Å². The van der Waals surface area contributed by atoms with Crippen molar-refractivity contribution >= 4 is 71.2 Å². The number of fused-ring (bicyclic) bond motifs is 14. The molecule has 0 saturated heterocycles. The van der Waals surface area contributed by atoms with Crippen molar-refractivity contribution in [1.82, 2.24) is 4.57 Å². The summed E-state index contributed by atoms with van der Waals surface area (Å²) in [5, 5.41) is 10.3. The van der Waals surface area contributed by atoms with E-state index in [-0.39, 0.29) is 0 Å². The van der Waals surface area contributed by atoms with Crippen molar-refractivity contribution in [2.45, 2.75) is 5.41 Å². The summed E-state index contributed by atoms with van der Waals surface area (Å²) in [7, 11) is 0. The minimum Gasteiger partial charge on any atom is -0.310 e. The van der Waals surface area contributed by atoms with E-state index in [2.05, 4.69) is 252 Å². The predicted molar refractivity (Wildman–Crippen MR) is 281 cm³/mol. The van der Waals surface area contributed by atoms with Crippen LogP contribution in [0.3, 0.4) is 0 Å². The molecule has 1 heterocycles. The van der Waals surface area contributed by atoms with Gasteiger partial charge in [0.05, 0.1) is 16.4 Å². The van der Waals surface area contributed by atoms with E-state index >= 15 is 0 Å². The summed E-state index contributed by atoms with van der Waals surface area (Å²) >= 11 is 0. The van der Waals surface area contributed by atoms with Crippen molar-refractivity contribution in [2.75, 3.05) is 4.90 Å². The summed E-state index contributed by atoms with van der Waals surface area (Å²) in [5.41, 5.74) is 19.5. The molecule has 0 amide bonds. The Morgan fingerprint density at radius 2 is 0.851 bits per heavy atom. The van der Waals surface area contributed by atoms with Gasteiger partial charge >= 0.3 is 0 Å². The average molecular weight is 849 g/mol. The van der Waals surface area contributed by atoms with Crippen LogP contribution < -0.4 is 4.90 Å². The Hall–Kier alpha value is -8.72. The first-order valence-corrected chi connectivity index (χ1v) is 23.3. The third-order valence-corrected chi connectivity index (χ3v) is 15.1. The van der Waals surface area contributed by atoms with Crippen LogP contribution in [0, 0.1) is 0 Å². The van der Waals surface area contributed by atoms with Gasteiger partial charge in [-0.1, -0.05) is 176 Å². The summed E-state index contributed by atoms with van der Waals surface area (Å²) in [6.07, 6.45) is 0. The molecule has 12 aromatic carbocycles. The fourth-order valence-electron chi connectivity index (χ4n) is 12.5. The highest BCUT2D eigenvalue weighted by molar-refractivity contribution is 6.32. The monoisotopic (exact) mass is 848 g/mol. The molecule has 1 spiro atoms. The van der Waals surface area contributed by atoms with Gasteiger partial charge in [0.25, 0.3) is 0 Å². The van der Waals surface area contributed by atoms with Gasteiger partial charge in [-0.2, -0.15) is 0 Å². The molecule has 1 aromatic heterocycles. The molecule has 0 radical (unpaired) electrons. The summed E-state index contributed by atoms with van der Waals surface area (Å²) < 4.78 is 2.47. The molecule has 0 fully saturated rings. The van der Waals surface area contributed by atoms with E-state index < -0.39 is 5.41 Å². The largest absolute Gasteiger partial charge is 0.310 e. The quantitative estimate of drug-likeness (QED) is 0.157. The lowest BCUT2D eigenvalue weighted by atomic mass is 9.70. The van der Waals surface area contributed by atoms with E-state index in [1.54, 1.807) is 0 Å². The number of para-hydroxylation sites is 4. The lowest BCUT2D eigenvalue weighted by Gasteiger charge is -2.32. The Balaban J connectivity index is 0.985. The van der Waals surface area contributed by atoms with Gasteiger partial charge in [0.1, 0.15) is 0 Å². The van der Waals surface area contributed by atoms with Crippen LogP contribution in [0.4, 0.5) is 17.1 Å². The fraction of sp³-hybridized carbons (Fsp3) is 0.0154. The number of rotatable bonds is 5. The van der Waals surface area contributed by atoms with Gasteiger partial charge in [-0.3, -0.25) is 0 Å². The van der Waals surface area contributed by atoms with Crippen LogP contribution in [0.5, 0.6) is 0 Å².